The molecule has 100 valence electrons. The summed E-state index contributed by atoms with van der Waals surface area (Å²) in [7, 11) is 0. The highest BCUT2D eigenvalue weighted by Gasteiger charge is 2.23. The molecule has 0 aliphatic rings. The predicted octanol–water partition coefficient (Wildman–Crippen LogP) is 2.90. The molecule has 1 aromatic carbocycles. The predicted molar refractivity (Wildman–Crippen MR) is 77.1 cm³/mol. The van der Waals surface area contributed by atoms with Gasteiger partial charge in [-0.3, -0.25) is 4.98 Å². The summed E-state index contributed by atoms with van der Waals surface area (Å²) in [5, 5.41) is 0. The van der Waals surface area contributed by atoms with Crippen LogP contribution < -0.4 is 10.5 Å². The van der Waals surface area contributed by atoms with Crippen LogP contribution in [0.4, 0.5) is 0 Å². The third-order valence-electron chi connectivity index (χ3n) is 3.11. The molecule has 0 saturated heterocycles. The van der Waals surface area contributed by atoms with Crippen LogP contribution in [0.1, 0.15) is 25.0 Å². The molecule has 1 heterocycles. The molecule has 0 radical (unpaired) electrons. The molecule has 2 aromatic rings. The lowest BCUT2D eigenvalue weighted by Gasteiger charge is -2.28. The zero-order chi connectivity index (χ0) is 13.7. The van der Waals surface area contributed by atoms with Gasteiger partial charge in [-0.15, -0.1) is 0 Å². The standard InChI is InChI=1S/C16H20N2O/c1-16(2,14-7-5-11-18-12-14)19-15-8-4-3-6-13(15)9-10-17/h3-8,11-12H,9-10,17H2,1-2H3. The van der Waals surface area contributed by atoms with Crippen LogP contribution in [0.5, 0.6) is 5.75 Å². The van der Waals surface area contributed by atoms with Crippen LogP contribution in [0, 0.1) is 0 Å². The topological polar surface area (TPSA) is 48.1 Å². The number of nitrogens with zero attached hydrogens (tertiary/aromatic N) is 1. The zero-order valence-electron chi connectivity index (χ0n) is 11.5. The van der Waals surface area contributed by atoms with Gasteiger partial charge < -0.3 is 10.5 Å². The van der Waals surface area contributed by atoms with E-state index >= 15 is 0 Å². The molecule has 0 unspecified atom stereocenters. The molecule has 0 bridgehead atoms. The van der Waals surface area contributed by atoms with E-state index in [9.17, 15) is 0 Å². The van der Waals surface area contributed by atoms with Gasteiger partial charge in [-0.1, -0.05) is 24.3 Å². The number of nitrogens with two attached hydrogens (primary N) is 1. The van der Waals surface area contributed by atoms with E-state index in [0.717, 1.165) is 23.3 Å². The highest BCUT2D eigenvalue weighted by atomic mass is 16.5. The number of para-hydroxylation sites is 1. The normalized spacial score (nSPS) is 11.3. The molecule has 2 N–H and O–H groups in total. The minimum absolute atomic E-state index is 0.418. The number of rotatable bonds is 5. The van der Waals surface area contributed by atoms with Gasteiger partial charge in [-0.05, 0) is 44.5 Å². The summed E-state index contributed by atoms with van der Waals surface area (Å²) >= 11 is 0. The lowest BCUT2D eigenvalue weighted by molar-refractivity contribution is 0.107. The Bertz CT molecular complexity index is 523. The van der Waals surface area contributed by atoms with E-state index in [1.165, 1.54) is 0 Å². The first-order valence-corrected chi connectivity index (χ1v) is 6.51. The van der Waals surface area contributed by atoms with Gasteiger partial charge >= 0.3 is 0 Å². The summed E-state index contributed by atoms with van der Waals surface area (Å²) < 4.78 is 6.18. The number of hydrogen-bond acceptors (Lipinski definition) is 3. The Morgan fingerprint density at radius 2 is 1.95 bits per heavy atom. The number of pyridine rings is 1. The Morgan fingerprint density at radius 3 is 2.63 bits per heavy atom. The first-order valence-electron chi connectivity index (χ1n) is 6.51. The van der Waals surface area contributed by atoms with Gasteiger partial charge in [0.2, 0.25) is 0 Å². The molecule has 2 rings (SSSR count). The Labute approximate surface area is 114 Å². The maximum absolute atomic E-state index is 6.18. The van der Waals surface area contributed by atoms with E-state index in [1.54, 1.807) is 6.20 Å². The van der Waals surface area contributed by atoms with Gasteiger partial charge in [0.25, 0.3) is 0 Å². The molecule has 3 nitrogen and oxygen atoms in total. The monoisotopic (exact) mass is 256 g/mol. The van der Waals surface area contributed by atoms with Gasteiger partial charge in [0.15, 0.2) is 0 Å². The Kier molecular flexibility index (Phi) is 4.17. The number of hydrogen-bond donors (Lipinski definition) is 1. The third kappa shape index (κ3) is 3.32. The number of benzene rings is 1. The van der Waals surface area contributed by atoms with Crippen molar-refractivity contribution in [2.75, 3.05) is 6.54 Å². The van der Waals surface area contributed by atoms with Gasteiger partial charge in [0.05, 0.1) is 0 Å². The second-order valence-corrected chi connectivity index (χ2v) is 5.00. The molecule has 0 fully saturated rings. The molecule has 19 heavy (non-hydrogen) atoms. The Morgan fingerprint density at radius 1 is 1.16 bits per heavy atom. The van der Waals surface area contributed by atoms with E-state index in [-0.39, 0.29) is 0 Å². The smallest absolute Gasteiger partial charge is 0.130 e. The molecule has 0 spiro atoms. The second kappa shape index (κ2) is 5.85. The van der Waals surface area contributed by atoms with Crippen molar-refractivity contribution in [3.8, 4) is 5.75 Å². The summed E-state index contributed by atoms with van der Waals surface area (Å²) in [6.07, 6.45) is 4.42. The first kappa shape index (κ1) is 13.6. The molecule has 0 aliphatic heterocycles. The van der Waals surface area contributed by atoms with Crippen LogP contribution in [0.2, 0.25) is 0 Å². The molecule has 0 amide bonds. The van der Waals surface area contributed by atoms with Crippen molar-refractivity contribution >= 4 is 0 Å². The first-order chi connectivity index (χ1) is 9.13. The Balaban J connectivity index is 2.25. The van der Waals surface area contributed by atoms with E-state index < -0.39 is 5.60 Å². The summed E-state index contributed by atoms with van der Waals surface area (Å²) in [5.74, 6) is 0.891. The lowest BCUT2D eigenvalue weighted by Crippen LogP contribution is -2.26. The molecule has 0 aliphatic carbocycles. The van der Waals surface area contributed by atoms with Crippen molar-refractivity contribution in [3.05, 3.63) is 59.9 Å². The van der Waals surface area contributed by atoms with Gasteiger partial charge in [-0.25, -0.2) is 0 Å². The van der Waals surface area contributed by atoms with Crippen molar-refractivity contribution in [2.45, 2.75) is 25.9 Å². The average molecular weight is 256 g/mol. The van der Waals surface area contributed by atoms with Crippen molar-refractivity contribution < 1.29 is 4.74 Å². The van der Waals surface area contributed by atoms with Crippen LogP contribution in [0.3, 0.4) is 0 Å². The fourth-order valence-corrected chi connectivity index (χ4v) is 2.02. The van der Waals surface area contributed by atoms with E-state index in [2.05, 4.69) is 11.1 Å². The van der Waals surface area contributed by atoms with Gasteiger partial charge in [-0.2, -0.15) is 0 Å². The van der Waals surface area contributed by atoms with Gasteiger partial charge in [0, 0.05) is 18.0 Å². The summed E-state index contributed by atoms with van der Waals surface area (Å²) in [5.41, 5.74) is 7.42. The summed E-state index contributed by atoms with van der Waals surface area (Å²) in [4.78, 5) is 4.15. The summed E-state index contributed by atoms with van der Waals surface area (Å²) in [6, 6.07) is 12.0. The summed E-state index contributed by atoms with van der Waals surface area (Å²) in [6.45, 7) is 4.71. The molecular formula is C16H20N2O. The van der Waals surface area contributed by atoms with Gasteiger partial charge in [0.1, 0.15) is 11.4 Å². The quantitative estimate of drug-likeness (QED) is 0.894. The highest BCUT2D eigenvalue weighted by Crippen LogP contribution is 2.29. The number of aromatic nitrogens is 1. The minimum atomic E-state index is -0.418. The molecule has 0 saturated carbocycles. The fraction of sp³-hybridized carbons (Fsp3) is 0.312. The Hall–Kier alpha value is -1.87. The van der Waals surface area contributed by atoms with Crippen LogP contribution in [0.15, 0.2) is 48.8 Å². The average Bonchev–Trinajstić information content (AvgIpc) is 2.42. The second-order valence-electron chi connectivity index (χ2n) is 5.00. The maximum atomic E-state index is 6.18. The van der Waals surface area contributed by atoms with E-state index in [4.69, 9.17) is 10.5 Å². The van der Waals surface area contributed by atoms with Crippen molar-refractivity contribution in [2.24, 2.45) is 5.73 Å². The third-order valence-corrected chi connectivity index (χ3v) is 3.11. The van der Waals surface area contributed by atoms with Crippen molar-refractivity contribution in [1.82, 2.24) is 4.98 Å². The van der Waals surface area contributed by atoms with Crippen LogP contribution in [0.25, 0.3) is 0 Å². The molecule has 3 heteroatoms. The van der Waals surface area contributed by atoms with Crippen LogP contribution >= 0.6 is 0 Å². The van der Waals surface area contributed by atoms with Crippen LogP contribution in [-0.2, 0) is 12.0 Å². The number of ether oxygens (including phenoxy) is 1. The minimum Gasteiger partial charge on any atom is -0.483 e. The molecule has 0 atom stereocenters. The largest absolute Gasteiger partial charge is 0.483 e. The molecular weight excluding hydrogens is 236 g/mol. The van der Waals surface area contributed by atoms with E-state index in [0.29, 0.717) is 6.54 Å². The van der Waals surface area contributed by atoms with Crippen LogP contribution in [-0.4, -0.2) is 11.5 Å². The maximum Gasteiger partial charge on any atom is 0.130 e. The lowest BCUT2D eigenvalue weighted by atomic mass is 9.99. The SMILES string of the molecule is CC(C)(Oc1ccccc1CCN)c1cccnc1. The van der Waals surface area contributed by atoms with Crippen molar-refractivity contribution in [3.63, 3.8) is 0 Å². The van der Waals surface area contributed by atoms with E-state index in [1.807, 2.05) is 50.4 Å². The highest BCUT2D eigenvalue weighted by molar-refractivity contribution is 5.35. The fourth-order valence-electron chi connectivity index (χ4n) is 2.02. The zero-order valence-corrected chi connectivity index (χ0v) is 11.5. The molecule has 1 aromatic heterocycles. The van der Waals surface area contributed by atoms with Crippen molar-refractivity contribution in [1.29, 1.82) is 0 Å².